The number of halogens is 1. The molecule has 1 N–H and O–H groups in total. The van der Waals surface area contributed by atoms with Gasteiger partial charge in [0.25, 0.3) is 0 Å². The second-order valence-electron chi connectivity index (χ2n) is 4.75. The molecule has 2 atom stereocenters. The van der Waals surface area contributed by atoms with Crippen molar-refractivity contribution in [3.8, 4) is 0 Å². The summed E-state index contributed by atoms with van der Waals surface area (Å²) in [4.78, 5) is 0. The van der Waals surface area contributed by atoms with Gasteiger partial charge in [0.05, 0.1) is 0 Å². The van der Waals surface area contributed by atoms with Crippen LogP contribution in [0.3, 0.4) is 0 Å². The van der Waals surface area contributed by atoms with Gasteiger partial charge < -0.3 is 5.32 Å². The van der Waals surface area contributed by atoms with Gasteiger partial charge >= 0.3 is 0 Å². The highest BCUT2D eigenvalue weighted by molar-refractivity contribution is 9.10. The van der Waals surface area contributed by atoms with Gasteiger partial charge in [-0.1, -0.05) is 55.3 Å². The molecule has 0 spiro atoms. The quantitative estimate of drug-likeness (QED) is 0.727. The van der Waals surface area contributed by atoms with E-state index in [1.165, 1.54) is 18.4 Å². The van der Waals surface area contributed by atoms with E-state index in [4.69, 9.17) is 0 Å². The van der Waals surface area contributed by atoms with Gasteiger partial charge in [-0.3, -0.25) is 0 Å². The highest BCUT2D eigenvalue weighted by Crippen LogP contribution is 2.27. The third-order valence-corrected chi connectivity index (χ3v) is 3.95. The van der Waals surface area contributed by atoms with E-state index in [0.717, 1.165) is 23.5 Å². The van der Waals surface area contributed by atoms with Crippen molar-refractivity contribution in [1.82, 2.24) is 5.32 Å². The Morgan fingerprint density at radius 1 is 1.18 bits per heavy atom. The lowest BCUT2D eigenvalue weighted by molar-refractivity contribution is 0.421. The Bertz CT molecular complexity index is 307. The molecule has 0 aliphatic carbocycles. The average Bonchev–Trinajstić information content (AvgIpc) is 2.35. The number of hydrogen-bond acceptors (Lipinski definition) is 1. The molecule has 0 aromatic heterocycles. The SMILES string of the molecule is CCCNCC(c1ccc(Br)cc1)C(C)CC. The molecular formula is C15H24BrN. The summed E-state index contributed by atoms with van der Waals surface area (Å²) in [5.74, 6) is 1.35. The molecule has 0 amide bonds. The first-order valence-corrected chi connectivity index (χ1v) is 7.44. The molecule has 0 heterocycles. The van der Waals surface area contributed by atoms with E-state index in [1.807, 2.05) is 0 Å². The molecule has 1 rings (SSSR count). The molecule has 96 valence electrons. The first-order chi connectivity index (χ1) is 8.19. The van der Waals surface area contributed by atoms with Crippen LogP contribution in [0.4, 0.5) is 0 Å². The summed E-state index contributed by atoms with van der Waals surface area (Å²) in [7, 11) is 0. The topological polar surface area (TPSA) is 12.0 Å². The van der Waals surface area contributed by atoms with Crippen molar-refractivity contribution in [2.24, 2.45) is 5.92 Å². The van der Waals surface area contributed by atoms with E-state index < -0.39 is 0 Å². The number of benzene rings is 1. The van der Waals surface area contributed by atoms with Gasteiger partial charge in [0.2, 0.25) is 0 Å². The summed E-state index contributed by atoms with van der Waals surface area (Å²) in [6.45, 7) is 9.04. The van der Waals surface area contributed by atoms with E-state index >= 15 is 0 Å². The maximum atomic E-state index is 3.55. The van der Waals surface area contributed by atoms with Gasteiger partial charge in [0.15, 0.2) is 0 Å². The number of rotatable bonds is 7. The molecule has 0 aliphatic rings. The van der Waals surface area contributed by atoms with Crippen molar-refractivity contribution in [1.29, 1.82) is 0 Å². The van der Waals surface area contributed by atoms with Crippen molar-refractivity contribution in [2.45, 2.75) is 39.5 Å². The van der Waals surface area contributed by atoms with Crippen LogP contribution in [0.5, 0.6) is 0 Å². The molecule has 1 nitrogen and oxygen atoms in total. The van der Waals surface area contributed by atoms with E-state index in [0.29, 0.717) is 5.92 Å². The zero-order chi connectivity index (χ0) is 12.7. The summed E-state index contributed by atoms with van der Waals surface area (Å²) in [6, 6.07) is 8.78. The molecule has 1 aromatic rings. The minimum absolute atomic E-state index is 0.625. The van der Waals surface area contributed by atoms with Crippen molar-refractivity contribution in [3.05, 3.63) is 34.3 Å². The molecule has 0 saturated heterocycles. The highest BCUT2D eigenvalue weighted by Gasteiger charge is 2.17. The molecule has 2 unspecified atom stereocenters. The first kappa shape index (κ1) is 14.7. The minimum Gasteiger partial charge on any atom is -0.316 e. The van der Waals surface area contributed by atoms with Gasteiger partial charge in [0, 0.05) is 11.0 Å². The predicted octanol–water partition coefficient (Wildman–Crippen LogP) is 4.58. The lowest BCUT2D eigenvalue weighted by atomic mass is 9.85. The van der Waals surface area contributed by atoms with Gasteiger partial charge in [0.1, 0.15) is 0 Å². The molecule has 17 heavy (non-hydrogen) atoms. The first-order valence-electron chi connectivity index (χ1n) is 6.65. The lowest BCUT2D eigenvalue weighted by Gasteiger charge is -2.24. The predicted molar refractivity (Wildman–Crippen MR) is 79.5 cm³/mol. The van der Waals surface area contributed by atoms with E-state index in [9.17, 15) is 0 Å². The van der Waals surface area contributed by atoms with Crippen molar-refractivity contribution in [2.75, 3.05) is 13.1 Å². The van der Waals surface area contributed by atoms with Crippen LogP contribution in [-0.2, 0) is 0 Å². The summed E-state index contributed by atoms with van der Waals surface area (Å²) < 4.78 is 1.16. The lowest BCUT2D eigenvalue weighted by Crippen LogP contribution is -2.26. The Hall–Kier alpha value is -0.340. The Morgan fingerprint density at radius 3 is 2.35 bits per heavy atom. The zero-order valence-corrected chi connectivity index (χ0v) is 12.8. The van der Waals surface area contributed by atoms with Crippen molar-refractivity contribution < 1.29 is 0 Å². The standard InChI is InChI=1S/C15H24BrN/c1-4-10-17-11-15(12(3)5-2)13-6-8-14(16)9-7-13/h6-9,12,15,17H,4-5,10-11H2,1-3H3. The third-order valence-electron chi connectivity index (χ3n) is 3.42. The average molecular weight is 298 g/mol. The minimum atomic E-state index is 0.625. The summed E-state index contributed by atoms with van der Waals surface area (Å²) in [6.07, 6.45) is 2.43. The van der Waals surface area contributed by atoms with Crippen LogP contribution in [0.2, 0.25) is 0 Å². The maximum Gasteiger partial charge on any atom is 0.0175 e. The fraction of sp³-hybridized carbons (Fsp3) is 0.600. The van der Waals surface area contributed by atoms with Crippen LogP contribution < -0.4 is 5.32 Å². The fourth-order valence-corrected chi connectivity index (χ4v) is 2.34. The van der Waals surface area contributed by atoms with Crippen LogP contribution in [0.25, 0.3) is 0 Å². The molecule has 0 saturated carbocycles. The van der Waals surface area contributed by atoms with Crippen LogP contribution in [0.1, 0.15) is 45.1 Å². The Morgan fingerprint density at radius 2 is 1.82 bits per heavy atom. The van der Waals surface area contributed by atoms with Crippen LogP contribution in [0, 0.1) is 5.92 Å². The monoisotopic (exact) mass is 297 g/mol. The van der Waals surface area contributed by atoms with E-state index in [1.54, 1.807) is 0 Å². The summed E-state index contributed by atoms with van der Waals surface area (Å²) >= 11 is 3.50. The summed E-state index contributed by atoms with van der Waals surface area (Å²) in [5.41, 5.74) is 1.45. The highest BCUT2D eigenvalue weighted by atomic mass is 79.9. The molecule has 0 aliphatic heterocycles. The maximum absolute atomic E-state index is 3.55. The molecule has 1 aromatic carbocycles. The van der Waals surface area contributed by atoms with Crippen LogP contribution >= 0.6 is 15.9 Å². The Kier molecular flexibility index (Phi) is 6.83. The molecule has 0 bridgehead atoms. The number of hydrogen-bond donors (Lipinski definition) is 1. The largest absolute Gasteiger partial charge is 0.316 e. The smallest absolute Gasteiger partial charge is 0.0175 e. The molecule has 2 heteroatoms. The molecule has 0 radical (unpaired) electrons. The second kappa shape index (κ2) is 7.88. The van der Waals surface area contributed by atoms with Gasteiger partial charge in [-0.25, -0.2) is 0 Å². The van der Waals surface area contributed by atoms with E-state index in [-0.39, 0.29) is 0 Å². The van der Waals surface area contributed by atoms with Crippen molar-refractivity contribution >= 4 is 15.9 Å². The van der Waals surface area contributed by atoms with E-state index in [2.05, 4.69) is 66.3 Å². The molecule has 0 fully saturated rings. The van der Waals surface area contributed by atoms with Crippen LogP contribution in [-0.4, -0.2) is 13.1 Å². The van der Waals surface area contributed by atoms with Gasteiger partial charge in [-0.05, 0) is 42.5 Å². The fourth-order valence-electron chi connectivity index (χ4n) is 2.08. The summed E-state index contributed by atoms with van der Waals surface area (Å²) in [5, 5.41) is 3.55. The second-order valence-corrected chi connectivity index (χ2v) is 5.66. The van der Waals surface area contributed by atoms with Gasteiger partial charge in [-0.2, -0.15) is 0 Å². The Labute approximate surface area is 114 Å². The number of nitrogens with one attached hydrogen (secondary N) is 1. The Balaban J connectivity index is 2.71. The molecular weight excluding hydrogens is 274 g/mol. The zero-order valence-electron chi connectivity index (χ0n) is 11.2. The normalized spacial score (nSPS) is 14.6. The van der Waals surface area contributed by atoms with Crippen LogP contribution in [0.15, 0.2) is 28.7 Å². The third kappa shape index (κ3) is 4.81. The van der Waals surface area contributed by atoms with Crippen molar-refractivity contribution in [3.63, 3.8) is 0 Å². The van der Waals surface area contributed by atoms with Gasteiger partial charge in [-0.15, -0.1) is 0 Å².